The van der Waals surface area contributed by atoms with Crippen LogP contribution in [0.15, 0.2) is 66.9 Å². The average molecular weight is 368 g/mol. The molecule has 25 heavy (non-hydrogen) atoms. The van der Waals surface area contributed by atoms with Gasteiger partial charge in [0, 0.05) is 23.1 Å². The summed E-state index contributed by atoms with van der Waals surface area (Å²) in [7, 11) is 0. The van der Waals surface area contributed by atoms with E-state index >= 15 is 0 Å². The summed E-state index contributed by atoms with van der Waals surface area (Å²) >= 11 is 7.29. The van der Waals surface area contributed by atoms with Crippen LogP contribution in [0.1, 0.15) is 16.1 Å². The van der Waals surface area contributed by atoms with Gasteiger partial charge in [-0.25, -0.2) is 4.98 Å². The molecule has 2 aromatic carbocycles. The third-order valence-electron chi connectivity index (χ3n) is 3.92. The second kappa shape index (κ2) is 6.70. The summed E-state index contributed by atoms with van der Waals surface area (Å²) in [6.45, 7) is 0.447. The topological polar surface area (TPSA) is 46.9 Å². The van der Waals surface area contributed by atoms with Gasteiger partial charge in [0.1, 0.15) is 0 Å². The van der Waals surface area contributed by atoms with Crippen LogP contribution in [0.3, 0.4) is 0 Å². The summed E-state index contributed by atoms with van der Waals surface area (Å²) in [5, 5.41) is 2.97. The fraction of sp³-hybridized carbons (Fsp3) is 0.0526. The fourth-order valence-corrected chi connectivity index (χ4v) is 3.78. The van der Waals surface area contributed by atoms with Crippen LogP contribution in [0, 0.1) is 0 Å². The Hall–Kier alpha value is -2.63. The first-order valence-electron chi connectivity index (χ1n) is 7.77. The van der Waals surface area contributed by atoms with Crippen molar-refractivity contribution in [2.45, 2.75) is 6.54 Å². The van der Waals surface area contributed by atoms with Crippen molar-refractivity contribution in [3.8, 4) is 5.69 Å². The van der Waals surface area contributed by atoms with Gasteiger partial charge in [-0.15, -0.1) is 11.3 Å². The van der Waals surface area contributed by atoms with Crippen molar-refractivity contribution in [3.05, 3.63) is 82.6 Å². The lowest BCUT2D eigenvalue weighted by Crippen LogP contribution is -2.23. The summed E-state index contributed by atoms with van der Waals surface area (Å²) in [6.07, 6.45) is 1.99. The molecule has 0 unspecified atom stereocenters. The van der Waals surface area contributed by atoms with E-state index in [9.17, 15) is 4.79 Å². The first-order chi connectivity index (χ1) is 12.2. The number of amides is 1. The van der Waals surface area contributed by atoms with Gasteiger partial charge in [0.25, 0.3) is 5.91 Å². The number of hydrogen-bond donors (Lipinski definition) is 1. The lowest BCUT2D eigenvalue weighted by Gasteiger charge is -2.10. The zero-order chi connectivity index (χ0) is 17.2. The molecule has 2 aromatic heterocycles. The Bertz CT molecular complexity index is 1040. The van der Waals surface area contributed by atoms with Crippen LogP contribution in [0.4, 0.5) is 0 Å². The summed E-state index contributed by atoms with van der Waals surface area (Å²) in [5.74, 6) is -0.118. The quantitative estimate of drug-likeness (QED) is 0.569. The van der Waals surface area contributed by atoms with Crippen molar-refractivity contribution in [2.24, 2.45) is 0 Å². The summed E-state index contributed by atoms with van der Waals surface area (Å²) in [5.41, 5.74) is 3.49. The van der Waals surface area contributed by atoms with Crippen LogP contribution in [-0.2, 0) is 6.54 Å². The molecule has 0 aliphatic rings. The molecular formula is C19H14ClN3OS. The van der Waals surface area contributed by atoms with Crippen LogP contribution < -0.4 is 5.32 Å². The highest BCUT2D eigenvalue weighted by Gasteiger charge is 2.10. The van der Waals surface area contributed by atoms with Crippen molar-refractivity contribution < 1.29 is 4.79 Å². The van der Waals surface area contributed by atoms with Gasteiger partial charge in [-0.05, 0) is 42.5 Å². The average Bonchev–Trinajstić information content (AvgIpc) is 3.24. The number of halogens is 1. The normalized spacial score (nSPS) is 10.9. The predicted molar refractivity (Wildman–Crippen MR) is 102 cm³/mol. The molecule has 0 aliphatic carbocycles. The monoisotopic (exact) mass is 367 g/mol. The molecule has 0 saturated carbocycles. The van der Waals surface area contributed by atoms with E-state index in [1.807, 2.05) is 60.8 Å². The second-order valence-corrected chi connectivity index (χ2v) is 7.15. The Labute approximate surface area is 153 Å². The third-order valence-corrected chi connectivity index (χ3v) is 5.04. The van der Waals surface area contributed by atoms with E-state index < -0.39 is 0 Å². The lowest BCUT2D eigenvalue weighted by atomic mass is 10.2. The highest BCUT2D eigenvalue weighted by molar-refractivity contribution is 7.22. The third kappa shape index (κ3) is 3.29. The Morgan fingerprint density at radius 3 is 2.80 bits per heavy atom. The molecule has 1 N–H and O–H groups in total. The number of rotatable bonds is 4. The van der Waals surface area contributed by atoms with Crippen LogP contribution in [0.5, 0.6) is 0 Å². The first kappa shape index (κ1) is 15.9. The Morgan fingerprint density at radius 1 is 1.12 bits per heavy atom. The number of nitrogens with zero attached hydrogens (tertiary/aromatic N) is 2. The Balaban J connectivity index is 1.51. The van der Waals surface area contributed by atoms with E-state index in [4.69, 9.17) is 11.6 Å². The SMILES string of the molecule is O=C(NCc1cccn1-c1ccccc1)c1ccc2nc(Cl)sc2c1. The molecule has 1 amide bonds. The van der Waals surface area contributed by atoms with Gasteiger partial charge in [0.2, 0.25) is 0 Å². The number of carbonyl (C=O) groups excluding carboxylic acids is 1. The number of thiazole rings is 1. The number of hydrogen-bond acceptors (Lipinski definition) is 3. The standard InChI is InChI=1S/C19H14ClN3OS/c20-19-22-16-9-8-13(11-17(16)25-19)18(24)21-12-15-7-4-10-23(15)14-5-2-1-3-6-14/h1-11H,12H2,(H,21,24). The van der Waals surface area contributed by atoms with Gasteiger partial charge in [0.05, 0.1) is 16.8 Å². The van der Waals surface area contributed by atoms with E-state index in [0.717, 1.165) is 21.6 Å². The minimum absolute atomic E-state index is 0.118. The highest BCUT2D eigenvalue weighted by atomic mass is 35.5. The smallest absolute Gasteiger partial charge is 0.251 e. The minimum atomic E-state index is -0.118. The van der Waals surface area contributed by atoms with Gasteiger partial charge in [0.15, 0.2) is 4.47 Å². The van der Waals surface area contributed by atoms with Gasteiger partial charge in [-0.1, -0.05) is 29.8 Å². The van der Waals surface area contributed by atoms with Crippen molar-refractivity contribution in [3.63, 3.8) is 0 Å². The predicted octanol–water partition coefficient (Wildman–Crippen LogP) is 4.67. The van der Waals surface area contributed by atoms with Gasteiger partial charge < -0.3 is 9.88 Å². The molecule has 0 bridgehead atoms. The second-order valence-electron chi connectivity index (χ2n) is 5.54. The van der Waals surface area contributed by atoms with Crippen LogP contribution in [-0.4, -0.2) is 15.5 Å². The Morgan fingerprint density at radius 2 is 1.96 bits per heavy atom. The number of fused-ring (bicyclic) bond motifs is 1. The first-order valence-corrected chi connectivity index (χ1v) is 8.96. The minimum Gasteiger partial charge on any atom is -0.346 e. The van der Waals surface area contributed by atoms with Gasteiger partial charge in [-0.3, -0.25) is 4.79 Å². The molecule has 4 nitrogen and oxygen atoms in total. The van der Waals surface area contributed by atoms with Crippen LogP contribution >= 0.6 is 22.9 Å². The molecule has 0 radical (unpaired) electrons. The van der Waals surface area contributed by atoms with E-state index in [-0.39, 0.29) is 5.91 Å². The molecule has 124 valence electrons. The largest absolute Gasteiger partial charge is 0.346 e. The van der Waals surface area contributed by atoms with E-state index in [1.54, 1.807) is 6.07 Å². The molecule has 0 atom stereocenters. The fourth-order valence-electron chi connectivity index (χ4n) is 2.71. The number of para-hydroxylation sites is 1. The van der Waals surface area contributed by atoms with Crippen LogP contribution in [0.2, 0.25) is 4.47 Å². The van der Waals surface area contributed by atoms with Gasteiger partial charge >= 0.3 is 0 Å². The summed E-state index contributed by atoms with van der Waals surface area (Å²) < 4.78 is 3.45. The van der Waals surface area contributed by atoms with E-state index in [0.29, 0.717) is 16.6 Å². The van der Waals surface area contributed by atoms with Crippen molar-refractivity contribution in [2.75, 3.05) is 0 Å². The molecule has 0 spiro atoms. The molecule has 6 heteroatoms. The lowest BCUT2D eigenvalue weighted by molar-refractivity contribution is 0.0950. The molecule has 0 saturated heterocycles. The summed E-state index contributed by atoms with van der Waals surface area (Å²) in [4.78, 5) is 16.7. The maximum absolute atomic E-state index is 12.5. The van der Waals surface area contributed by atoms with E-state index in [1.165, 1.54) is 11.3 Å². The molecular weight excluding hydrogens is 354 g/mol. The summed E-state index contributed by atoms with van der Waals surface area (Å²) in [6, 6.07) is 19.4. The molecule has 2 heterocycles. The number of aromatic nitrogens is 2. The molecule has 4 rings (SSSR count). The van der Waals surface area contributed by atoms with Gasteiger partial charge in [-0.2, -0.15) is 0 Å². The number of nitrogens with one attached hydrogen (secondary N) is 1. The molecule has 0 aliphatic heterocycles. The van der Waals surface area contributed by atoms with Crippen LogP contribution in [0.25, 0.3) is 15.9 Å². The molecule has 0 fully saturated rings. The van der Waals surface area contributed by atoms with E-state index in [2.05, 4.69) is 14.9 Å². The van der Waals surface area contributed by atoms with Crippen molar-refractivity contribution >= 4 is 39.1 Å². The van der Waals surface area contributed by atoms with Crippen molar-refractivity contribution in [1.82, 2.24) is 14.9 Å². The van der Waals surface area contributed by atoms with Crippen molar-refractivity contribution in [1.29, 1.82) is 0 Å². The number of benzene rings is 2. The zero-order valence-electron chi connectivity index (χ0n) is 13.1. The highest BCUT2D eigenvalue weighted by Crippen LogP contribution is 2.26. The maximum atomic E-state index is 12.5. The number of carbonyl (C=O) groups is 1. The zero-order valence-corrected chi connectivity index (χ0v) is 14.7. The Kier molecular flexibility index (Phi) is 4.26. The maximum Gasteiger partial charge on any atom is 0.251 e. The molecule has 4 aromatic rings.